The van der Waals surface area contributed by atoms with Gasteiger partial charge in [-0.3, -0.25) is 4.79 Å². The summed E-state index contributed by atoms with van der Waals surface area (Å²) in [5.41, 5.74) is 2.79. The van der Waals surface area contributed by atoms with Crippen LogP contribution in [-0.4, -0.2) is 12.5 Å². The third-order valence-corrected chi connectivity index (χ3v) is 3.85. The standard InChI is InChI=1S/C20H19NO4/c1-3-14-10-20(23)25-18-11-16(7-8-17(14)18)24-12-19(22)21-15-6-4-5-13(2)9-15/h4-11H,3,12H2,1-2H3,(H,21,22). The Morgan fingerprint density at radius 3 is 2.76 bits per heavy atom. The molecule has 0 bridgehead atoms. The van der Waals surface area contributed by atoms with Gasteiger partial charge in [0, 0.05) is 23.2 Å². The molecule has 1 N–H and O–H groups in total. The fraction of sp³-hybridized carbons (Fsp3) is 0.200. The highest BCUT2D eigenvalue weighted by Crippen LogP contribution is 2.23. The second-order valence-corrected chi connectivity index (χ2v) is 5.81. The molecule has 0 fully saturated rings. The number of hydrogen-bond acceptors (Lipinski definition) is 4. The molecule has 0 unspecified atom stereocenters. The van der Waals surface area contributed by atoms with E-state index in [1.165, 1.54) is 6.07 Å². The van der Waals surface area contributed by atoms with Crippen molar-refractivity contribution in [1.82, 2.24) is 0 Å². The number of hydrogen-bond donors (Lipinski definition) is 1. The lowest BCUT2D eigenvalue weighted by Crippen LogP contribution is -2.20. The van der Waals surface area contributed by atoms with Crippen molar-refractivity contribution in [2.45, 2.75) is 20.3 Å². The molecule has 2 aromatic carbocycles. The zero-order valence-electron chi connectivity index (χ0n) is 14.2. The van der Waals surface area contributed by atoms with E-state index in [9.17, 15) is 9.59 Å². The first-order valence-electron chi connectivity index (χ1n) is 8.11. The highest BCUT2D eigenvalue weighted by atomic mass is 16.5. The zero-order chi connectivity index (χ0) is 17.8. The van der Waals surface area contributed by atoms with Gasteiger partial charge in [0.15, 0.2) is 6.61 Å². The molecule has 25 heavy (non-hydrogen) atoms. The average Bonchev–Trinajstić information content (AvgIpc) is 2.58. The molecule has 0 spiro atoms. The second kappa shape index (κ2) is 7.21. The Morgan fingerprint density at radius 2 is 2.00 bits per heavy atom. The summed E-state index contributed by atoms with van der Waals surface area (Å²) >= 11 is 0. The van der Waals surface area contributed by atoms with Crippen LogP contribution < -0.4 is 15.7 Å². The van der Waals surface area contributed by atoms with Crippen LogP contribution in [0.3, 0.4) is 0 Å². The van der Waals surface area contributed by atoms with Crippen molar-refractivity contribution in [2.24, 2.45) is 0 Å². The van der Waals surface area contributed by atoms with Gasteiger partial charge in [0.25, 0.3) is 5.91 Å². The normalized spacial score (nSPS) is 10.6. The van der Waals surface area contributed by atoms with Crippen LogP contribution in [0.25, 0.3) is 11.0 Å². The minimum Gasteiger partial charge on any atom is -0.484 e. The van der Waals surface area contributed by atoms with Gasteiger partial charge in [-0.1, -0.05) is 19.1 Å². The van der Waals surface area contributed by atoms with E-state index in [-0.39, 0.29) is 12.5 Å². The molecule has 0 radical (unpaired) electrons. The number of amides is 1. The molecule has 0 aliphatic carbocycles. The number of carbonyl (C=O) groups is 1. The molecule has 5 heteroatoms. The fourth-order valence-electron chi connectivity index (χ4n) is 2.66. The van der Waals surface area contributed by atoms with Crippen LogP contribution in [0.5, 0.6) is 5.75 Å². The first kappa shape index (κ1) is 16.8. The molecule has 0 saturated heterocycles. The summed E-state index contributed by atoms with van der Waals surface area (Å²) in [5.74, 6) is 0.220. The monoisotopic (exact) mass is 337 g/mol. The van der Waals surface area contributed by atoms with E-state index in [0.717, 1.165) is 28.6 Å². The second-order valence-electron chi connectivity index (χ2n) is 5.81. The quantitative estimate of drug-likeness (QED) is 0.721. The zero-order valence-corrected chi connectivity index (χ0v) is 14.2. The SMILES string of the molecule is CCc1cc(=O)oc2cc(OCC(=O)Nc3cccc(C)c3)ccc12. The Balaban J connectivity index is 1.70. The number of aryl methyl sites for hydroxylation is 2. The van der Waals surface area contributed by atoms with Gasteiger partial charge < -0.3 is 14.5 Å². The third kappa shape index (κ3) is 4.07. The number of nitrogens with one attached hydrogen (secondary N) is 1. The van der Waals surface area contributed by atoms with E-state index in [0.29, 0.717) is 11.3 Å². The van der Waals surface area contributed by atoms with Gasteiger partial charge in [0.05, 0.1) is 0 Å². The number of fused-ring (bicyclic) bond motifs is 1. The molecule has 0 atom stereocenters. The summed E-state index contributed by atoms with van der Waals surface area (Å²) in [6, 6.07) is 14.3. The molecular weight excluding hydrogens is 318 g/mol. The lowest BCUT2D eigenvalue weighted by Gasteiger charge is -2.09. The van der Waals surface area contributed by atoms with E-state index in [4.69, 9.17) is 9.15 Å². The average molecular weight is 337 g/mol. The van der Waals surface area contributed by atoms with Crippen molar-refractivity contribution in [1.29, 1.82) is 0 Å². The van der Waals surface area contributed by atoms with E-state index < -0.39 is 5.63 Å². The molecule has 1 aromatic heterocycles. The van der Waals surface area contributed by atoms with Gasteiger partial charge in [0.1, 0.15) is 11.3 Å². The molecule has 128 valence electrons. The van der Waals surface area contributed by atoms with Crippen molar-refractivity contribution in [3.63, 3.8) is 0 Å². The molecule has 0 saturated carbocycles. The molecule has 3 aromatic rings. The predicted molar refractivity (Wildman–Crippen MR) is 97.2 cm³/mol. The first-order valence-corrected chi connectivity index (χ1v) is 8.11. The van der Waals surface area contributed by atoms with Crippen LogP contribution in [0.4, 0.5) is 5.69 Å². The Labute approximate surface area is 145 Å². The van der Waals surface area contributed by atoms with Crippen molar-refractivity contribution in [2.75, 3.05) is 11.9 Å². The molecular formula is C20H19NO4. The highest BCUT2D eigenvalue weighted by Gasteiger charge is 2.08. The van der Waals surface area contributed by atoms with Gasteiger partial charge in [-0.2, -0.15) is 0 Å². The largest absolute Gasteiger partial charge is 0.484 e. The maximum absolute atomic E-state index is 12.0. The maximum Gasteiger partial charge on any atom is 0.336 e. The molecule has 3 rings (SSSR count). The van der Waals surface area contributed by atoms with Gasteiger partial charge >= 0.3 is 5.63 Å². The summed E-state index contributed by atoms with van der Waals surface area (Å²) in [6.45, 7) is 3.81. The van der Waals surface area contributed by atoms with Crippen LogP contribution in [0.2, 0.25) is 0 Å². The maximum atomic E-state index is 12.0. The summed E-state index contributed by atoms with van der Waals surface area (Å²) in [7, 11) is 0. The Bertz CT molecular complexity index is 975. The Morgan fingerprint density at radius 1 is 1.16 bits per heavy atom. The lowest BCUT2D eigenvalue weighted by atomic mass is 10.1. The van der Waals surface area contributed by atoms with Crippen molar-refractivity contribution >= 4 is 22.6 Å². The van der Waals surface area contributed by atoms with E-state index in [1.807, 2.05) is 44.2 Å². The van der Waals surface area contributed by atoms with Gasteiger partial charge in [0.2, 0.25) is 0 Å². The highest BCUT2D eigenvalue weighted by molar-refractivity contribution is 5.92. The fourth-order valence-corrected chi connectivity index (χ4v) is 2.66. The summed E-state index contributed by atoms with van der Waals surface area (Å²) in [6.07, 6.45) is 0.737. The third-order valence-electron chi connectivity index (χ3n) is 3.85. The first-order chi connectivity index (χ1) is 12.0. The van der Waals surface area contributed by atoms with Crippen molar-refractivity contribution in [3.05, 3.63) is 70.1 Å². The minimum atomic E-state index is -0.390. The lowest BCUT2D eigenvalue weighted by molar-refractivity contribution is -0.118. The number of ether oxygens (including phenoxy) is 1. The molecule has 1 amide bonds. The molecule has 1 heterocycles. The van der Waals surface area contributed by atoms with E-state index >= 15 is 0 Å². The minimum absolute atomic E-state index is 0.128. The van der Waals surface area contributed by atoms with Crippen LogP contribution >= 0.6 is 0 Å². The number of rotatable bonds is 5. The number of benzene rings is 2. The van der Waals surface area contributed by atoms with Crippen molar-refractivity contribution in [3.8, 4) is 5.75 Å². The van der Waals surface area contributed by atoms with Crippen LogP contribution in [-0.2, 0) is 11.2 Å². The molecule has 0 aliphatic heterocycles. The Kier molecular flexibility index (Phi) is 4.84. The molecule has 0 aliphatic rings. The summed E-state index contributed by atoms with van der Waals surface area (Å²) in [5, 5.41) is 3.65. The van der Waals surface area contributed by atoms with Crippen LogP contribution in [0.15, 0.2) is 57.7 Å². The van der Waals surface area contributed by atoms with Crippen LogP contribution in [0.1, 0.15) is 18.1 Å². The van der Waals surface area contributed by atoms with Crippen molar-refractivity contribution < 1.29 is 13.9 Å². The predicted octanol–water partition coefficient (Wildman–Crippen LogP) is 3.68. The van der Waals surface area contributed by atoms with Gasteiger partial charge in [-0.15, -0.1) is 0 Å². The van der Waals surface area contributed by atoms with E-state index in [2.05, 4.69) is 5.32 Å². The summed E-state index contributed by atoms with van der Waals surface area (Å²) < 4.78 is 10.7. The Hall–Kier alpha value is -3.08. The summed E-state index contributed by atoms with van der Waals surface area (Å²) in [4.78, 5) is 23.6. The van der Waals surface area contributed by atoms with E-state index in [1.54, 1.807) is 12.1 Å². The number of anilines is 1. The molecule has 5 nitrogen and oxygen atoms in total. The topological polar surface area (TPSA) is 68.5 Å². The van der Waals surface area contributed by atoms with Gasteiger partial charge in [-0.25, -0.2) is 4.79 Å². The number of carbonyl (C=O) groups excluding carboxylic acids is 1. The van der Waals surface area contributed by atoms with Crippen LogP contribution in [0, 0.1) is 6.92 Å². The smallest absolute Gasteiger partial charge is 0.336 e. The van der Waals surface area contributed by atoms with Gasteiger partial charge in [-0.05, 0) is 48.7 Å².